The zero-order chi connectivity index (χ0) is 14.9. The molecule has 3 atom stereocenters. The van der Waals surface area contributed by atoms with E-state index in [1.165, 1.54) is 23.5 Å². The van der Waals surface area contributed by atoms with Crippen molar-refractivity contribution in [3.05, 3.63) is 35.9 Å². The number of thioether (sulfide) groups is 2. The predicted octanol–water partition coefficient (Wildman–Crippen LogP) is 3.52. The molecule has 3 fully saturated rings. The summed E-state index contributed by atoms with van der Waals surface area (Å²) >= 11 is 4.08. The molecule has 3 aliphatic heterocycles. The van der Waals surface area contributed by atoms with Crippen LogP contribution in [0.4, 0.5) is 0 Å². The highest BCUT2D eigenvalue weighted by Gasteiger charge is 2.45. The van der Waals surface area contributed by atoms with Crippen LogP contribution in [0.2, 0.25) is 0 Å². The molecule has 0 bridgehead atoms. The van der Waals surface area contributed by atoms with Crippen molar-refractivity contribution in [2.45, 2.75) is 36.1 Å². The summed E-state index contributed by atoms with van der Waals surface area (Å²) in [5, 5.41) is 0. The van der Waals surface area contributed by atoms with E-state index in [0.29, 0.717) is 23.5 Å². The summed E-state index contributed by atoms with van der Waals surface area (Å²) in [6.07, 6.45) is 2.97. The standard InChI is InChI=1S/C17H21NO2S2/c19-15-9-13(17-21-7-4-8-22-17)10-16-18(15)14(11-20-16)12-5-2-1-3-6-12/h1-3,5-6,13-14,16-17H,4,7-11H2/t13-,14+,16+/m1/s1. The fraction of sp³-hybridized carbons (Fsp3) is 0.588. The second-order valence-electron chi connectivity index (χ2n) is 6.18. The van der Waals surface area contributed by atoms with Crippen molar-refractivity contribution < 1.29 is 9.53 Å². The number of piperidine rings is 1. The molecule has 5 heteroatoms. The lowest BCUT2D eigenvalue weighted by Gasteiger charge is -2.39. The first kappa shape index (κ1) is 14.9. The molecule has 3 aliphatic rings. The first-order valence-corrected chi connectivity index (χ1v) is 10.1. The topological polar surface area (TPSA) is 29.5 Å². The van der Waals surface area contributed by atoms with Gasteiger partial charge in [0.2, 0.25) is 5.91 Å². The molecular weight excluding hydrogens is 314 g/mol. The number of amides is 1. The molecule has 118 valence electrons. The lowest BCUT2D eigenvalue weighted by Crippen LogP contribution is -2.46. The van der Waals surface area contributed by atoms with Crippen LogP contribution in [0.3, 0.4) is 0 Å². The Morgan fingerprint density at radius 2 is 1.91 bits per heavy atom. The monoisotopic (exact) mass is 335 g/mol. The molecule has 3 heterocycles. The number of rotatable bonds is 2. The third kappa shape index (κ3) is 2.79. The van der Waals surface area contributed by atoms with Gasteiger partial charge in [0.05, 0.1) is 17.2 Å². The van der Waals surface area contributed by atoms with E-state index in [1.807, 2.05) is 46.6 Å². The van der Waals surface area contributed by atoms with Crippen LogP contribution < -0.4 is 0 Å². The average Bonchev–Trinajstić information content (AvgIpc) is 3.01. The summed E-state index contributed by atoms with van der Waals surface area (Å²) in [4.78, 5) is 14.7. The Morgan fingerprint density at radius 3 is 2.68 bits per heavy atom. The molecule has 0 aliphatic carbocycles. The van der Waals surface area contributed by atoms with Gasteiger partial charge >= 0.3 is 0 Å². The van der Waals surface area contributed by atoms with Crippen LogP contribution in [-0.2, 0) is 9.53 Å². The normalized spacial score (nSPS) is 33.0. The van der Waals surface area contributed by atoms with E-state index < -0.39 is 0 Å². The predicted molar refractivity (Wildman–Crippen MR) is 91.8 cm³/mol. The van der Waals surface area contributed by atoms with Crippen molar-refractivity contribution in [2.75, 3.05) is 18.1 Å². The van der Waals surface area contributed by atoms with Crippen LogP contribution in [0.1, 0.15) is 30.9 Å². The highest BCUT2D eigenvalue weighted by molar-refractivity contribution is 8.17. The molecule has 22 heavy (non-hydrogen) atoms. The molecule has 0 spiro atoms. The van der Waals surface area contributed by atoms with Crippen molar-refractivity contribution in [3.63, 3.8) is 0 Å². The highest BCUT2D eigenvalue weighted by atomic mass is 32.2. The van der Waals surface area contributed by atoms with Crippen LogP contribution in [0.15, 0.2) is 30.3 Å². The van der Waals surface area contributed by atoms with Gasteiger partial charge < -0.3 is 9.64 Å². The quantitative estimate of drug-likeness (QED) is 0.827. The molecule has 0 N–H and O–H groups in total. The fourth-order valence-corrected chi connectivity index (χ4v) is 6.86. The molecular formula is C17H21NO2S2. The molecule has 1 aromatic carbocycles. The Hall–Kier alpha value is -0.650. The molecule has 0 aromatic heterocycles. The maximum atomic E-state index is 12.7. The minimum Gasteiger partial charge on any atom is -0.356 e. The van der Waals surface area contributed by atoms with Gasteiger partial charge in [-0.15, -0.1) is 23.5 Å². The molecule has 3 saturated heterocycles. The van der Waals surface area contributed by atoms with E-state index in [4.69, 9.17) is 4.74 Å². The molecule has 1 aromatic rings. The average molecular weight is 335 g/mol. The van der Waals surface area contributed by atoms with E-state index in [1.54, 1.807) is 0 Å². The van der Waals surface area contributed by atoms with Crippen molar-refractivity contribution in [2.24, 2.45) is 5.92 Å². The first-order valence-electron chi connectivity index (χ1n) is 8.04. The minimum absolute atomic E-state index is 0.0143. The van der Waals surface area contributed by atoms with Gasteiger partial charge in [0.15, 0.2) is 0 Å². The lowest BCUT2D eigenvalue weighted by molar-refractivity contribution is -0.144. The molecule has 4 rings (SSSR count). The second-order valence-corrected chi connectivity index (χ2v) is 8.98. The SMILES string of the molecule is O=C1C[C@@H](C2SCCCS2)C[C@@H]2OC[C@@H](c3ccccc3)N12. The number of nitrogens with zero attached hydrogens (tertiary/aromatic N) is 1. The van der Waals surface area contributed by atoms with E-state index in [9.17, 15) is 4.79 Å². The third-order valence-electron chi connectivity index (χ3n) is 4.74. The summed E-state index contributed by atoms with van der Waals surface area (Å²) in [6.45, 7) is 0.637. The Kier molecular flexibility index (Phi) is 4.38. The van der Waals surface area contributed by atoms with Gasteiger partial charge in [-0.25, -0.2) is 0 Å². The van der Waals surface area contributed by atoms with Crippen molar-refractivity contribution >= 4 is 29.4 Å². The summed E-state index contributed by atoms with van der Waals surface area (Å²) in [5.41, 5.74) is 1.19. The highest BCUT2D eigenvalue weighted by Crippen LogP contribution is 2.45. The summed E-state index contributed by atoms with van der Waals surface area (Å²) in [6, 6.07) is 10.4. The maximum Gasteiger partial charge on any atom is 0.225 e. The Bertz CT molecular complexity index is 533. The van der Waals surface area contributed by atoms with Crippen molar-refractivity contribution in [1.82, 2.24) is 4.90 Å². The molecule has 0 saturated carbocycles. The van der Waals surface area contributed by atoms with E-state index in [-0.39, 0.29) is 18.2 Å². The number of fused-ring (bicyclic) bond motifs is 1. The molecule has 3 nitrogen and oxygen atoms in total. The van der Waals surface area contributed by atoms with Crippen LogP contribution in [0.25, 0.3) is 0 Å². The number of hydrogen-bond donors (Lipinski definition) is 0. The van der Waals surface area contributed by atoms with Gasteiger partial charge in [0, 0.05) is 6.42 Å². The zero-order valence-corrected chi connectivity index (χ0v) is 14.2. The van der Waals surface area contributed by atoms with E-state index in [2.05, 4.69) is 12.1 Å². The summed E-state index contributed by atoms with van der Waals surface area (Å²) in [5.74, 6) is 3.23. The van der Waals surface area contributed by atoms with Crippen LogP contribution in [-0.4, -0.2) is 39.7 Å². The summed E-state index contributed by atoms with van der Waals surface area (Å²) in [7, 11) is 0. The Morgan fingerprint density at radius 1 is 1.14 bits per heavy atom. The number of carbonyl (C=O) groups is 1. The largest absolute Gasteiger partial charge is 0.356 e. The van der Waals surface area contributed by atoms with E-state index >= 15 is 0 Å². The molecule has 1 amide bonds. The Balaban J connectivity index is 1.49. The summed E-state index contributed by atoms with van der Waals surface area (Å²) < 4.78 is 6.58. The van der Waals surface area contributed by atoms with Crippen LogP contribution in [0, 0.1) is 5.92 Å². The number of hydrogen-bond acceptors (Lipinski definition) is 4. The zero-order valence-electron chi connectivity index (χ0n) is 12.5. The number of benzene rings is 1. The van der Waals surface area contributed by atoms with Crippen molar-refractivity contribution in [1.29, 1.82) is 0 Å². The van der Waals surface area contributed by atoms with Crippen LogP contribution >= 0.6 is 23.5 Å². The van der Waals surface area contributed by atoms with E-state index in [0.717, 1.165) is 6.42 Å². The van der Waals surface area contributed by atoms with Gasteiger partial charge in [-0.2, -0.15) is 0 Å². The maximum absolute atomic E-state index is 12.7. The number of carbonyl (C=O) groups excluding carboxylic acids is 1. The lowest BCUT2D eigenvalue weighted by atomic mass is 9.95. The van der Waals surface area contributed by atoms with Gasteiger partial charge in [-0.1, -0.05) is 30.3 Å². The Labute approximate surface area is 140 Å². The first-order chi connectivity index (χ1) is 10.8. The van der Waals surface area contributed by atoms with Crippen molar-refractivity contribution in [3.8, 4) is 0 Å². The second kappa shape index (κ2) is 6.46. The smallest absolute Gasteiger partial charge is 0.225 e. The van der Waals surface area contributed by atoms with Crippen LogP contribution in [0.5, 0.6) is 0 Å². The van der Waals surface area contributed by atoms with Gasteiger partial charge in [0.25, 0.3) is 0 Å². The molecule has 0 unspecified atom stereocenters. The minimum atomic E-state index is -0.0143. The third-order valence-corrected chi connectivity index (χ3v) is 8.04. The molecule has 0 radical (unpaired) electrons. The number of ether oxygens (including phenoxy) is 1. The van der Waals surface area contributed by atoms with Gasteiger partial charge in [0.1, 0.15) is 6.23 Å². The van der Waals surface area contributed by atoms with Gasteiger partial charge in [-0.05, 0) is 35.8 Å². The fourth-order valence-electron chi connectivity index (χ4n) is 3.67. The van der Waals surface area contributed by atoms with Gasteiger partial charge in [-0.3, -0.25) is 4.79 Å².